The van der Waals surface area contributed by atoms with E-state index in [4.69, 9.17) is 12.2 Å². The zero-order valence-corrected chi connectivity index (χ0v) is 9.56. The Morgan fingerprint density at radius 3 is 2.50 bits per heavy atom. The van der Waals surface area contributed by atoms with Gasteiger partial charge in [0.15, 0.2) is 5.11 Å². The standard InChI is InChI=1S/C9H7BrN2OS/c10-6-1-3-7(4-2-6)12-8(13)5-11-9(12)14/h1-4H,5H2,(H,11,14). The molecule has 14 heavy (non-hydrogen) atoms. The molecule has 0 unspecified atom stereocenters. The van der Waals surface area contributed by atoms with Crippen molar-refractivity contribution in [2.75, 3.05) is 11.4 Å². The average molecular weight is 271 g/mol. The topological polar surface area (TPSA) is 32.3 Å². The normalized spacial score (nSPS) is 15.9. The summed E-state index contributed by atoms with van der Waals surface area (Å²) in [5.74, 6) is -0.0164. The van der Waals surface area contributed by atoms with Crippen molar-refractivity contribution < 1.29 is 4.79 Å². The summed E-state index contributed by atoms with van der Waals surface area (Å²) < 4.78 is 0.978. The van der Waals surface area contributed by atoms with Crippen molar-refractivity contribution in [3.05, 3.63) is 28.7 Å². The second-order valence-corrected chi connectivity index (χ2v) is 4.17. The molecule has 0 radical (unpaired) electrons. The summed E-state index contributed by atoms with van der Waals surface area (Å²) in [7, 11) is 0. The molecule has 1 fully saturated rings. The van der Waals surface area contributed by atoms with Crippen molar-refractivity contribution in [3.8, 4) is 0 Å². The van der Waals surface area contributed by atoms with Gasteiger partial charge in [0.2, 0.25) is 0 Å². The van der Waals surface area contributed by atoms with Crippen molar-refractivity contribution in [2.24, 2.45) is 0 Å². The van der Waals surface area contributed by atoms with E-state index in [0.29, 0.717) is 5.11 Å². The van der Waals surface area contributed by atoms with Crippen LogP contribution in [0.5, 0.6) is 0 Å². The molecule has 2 rings (SSSR count). The van der Waals surface area contributed by atoms with Crippen molar-refractivity contribution >= 4 is 44.9 Å². The number of carbonyl (C=O) groups excluding carboxylic acids is 1. The van der Waals surface area contributed by atoms with Crippen LogP contribution >= 0.6 is 28.1 Å². The molecule has 5 heteroatoms. The number of halogens is 1. The van der Waals surface area contributed by atoms with E-state index in [9.17, 15) is 4.79 Å². The monoisotopic (exact) mass is 270 g/mol. The molecule has 1 aliphatic rings. The zero-order chi connectivity index (χ0) is 10.1. The van der Waals surface area contributed by atoms with Crippen LogP contribution in [0, 0.1) is 0 Å². The largest absolute Gasteiger partial charge is 0.353 e. The van der Waals surface area contributed by atoms with Gasteiger partial charge < -0.3 is 5.32 Å². The fourth-order valence-electron chi connectivity index (χ4n) is 1.27. The Labute approximate surface area is 95.2 Å². The molecule has 1 aromatic carbocycles. The second-order valence-electron chi connectivity index (χ2n) is 2.86. The minimum atomic E-state index is -0.0164. The maximum atomic E-state index is 11.4. The van der Waals surface area contributed by atoms with Crippen LogP contribution in [0.2, 0.25) is 0 Å². The third-order valence-electron chi connectivity index (χ3n) is 1.93. The molecule has 0 aromatic heterocycles. The van der Waals surface area contributed by atoms with E-state index in [1.54, 1.807) is 0 Å². The number of nitrogens with zero attached hydrogens (tertiary/aromatic N) is 1. The van der Waals surface area contributed by atoms with Gasteiger partial charge in [0.25, 0.3) is 5.91 Å². The zero-order valence-electron chi connectivity index (χ0n) is 7.16. The number of thiocarbonyl (C=S) groups is 1. The van der Waals surface area contributed by atoms with Crippen LogP contribution < -0.4 is 10.2 Å². The predicted octanol–water partition coefficient (Wildman–Crippen LogP) is 1.67. The third kappa shape index (κ3) is 1.65. The smallest absolute Gasteiger partial charge is 0.252 e. The highest BCUT2D eigenvalue weighted by atomic mass is 79.9. The molecule has 0 saturated carbocycles. The van der Waals surface area contributed by atoms with Crippen LogP contribution in [0.15, 0.2) is 28.7 Å². The molecule has 0 atom stereocenters. The Kier molecular flexibility index (Phi) is 2.52. The fraction of sp³-hybridized carbons (Fsp3) is 0.111. The molecule has 0 aliphatic carbocycles. The Morgan fingerprint density at radius 1 is 1.36 bits per heavy atom. The van der Waals surface area contributed by atoms with E-state index >= 15 is 0 Å². The van der Waals surface area contributed by atoms with E-state index in [2.05, 4.69) is 21.2 Å². The van der Waals surface area contributed by atoms with E-state index in [-0.39, 0.29) is 12.5 Å². The van der Waals surface area contributed by atoms with Crippen LogP contribution in [-0.2, 0) is 4.79 Å². The van der Waals surface area contributed by atoms with Gasteiger partial charge in [-0.05, 0) is 36.5 Å². The number of amides is 1. The Bertz CT molecular complexity index is 374. The summed E-state index contributed by atoms with van der Waals surface area (Å²) in [4.78, 5) is 12.9. The molecule has 0 bridgehead atoms. The number of benzene rings is 1. The summed E-state index contributed by atoms with van der Waals surface area (Å²) in [6, 6.07) is 7.45. The maximum Gasteiger partial charge on any atom is 0.252 e. The molecular formula is C9H7BrN2OS. The van der Waals surface area contributed by atoms with Gasteiger partial charge in [0, 0.05) is 4.47 Å². The molecule has 1 N–H and O–H groups in total. The molecule has 72 valence electrons. The van der Waals surface area contributed by atoms with Crippen molar-refractivity contribution in [3.63, 3.8) is 0 Å². The highest BCUT2D eigenvalue weighted by Gasteiger charge is 2.26. The highest BCUT2D eigenvalue weighted by molar-refractivity contribution is 9.10. The minimum Gasteiger partial charge on any atom is -0.353 e. The van der Waals surface area contributed by atoms with Gasteiger partial charge in [-0.25, -0.2) is 0 Å². The number of hydrogen-bond acceptors (Lipinski definition) is 2. The summed E-state index contributed by atoms with van der Waals surface area (Å²) in [5, 5.41) is 3.30. The molecular weight excluding hydrogens is 264 g/mol. The Balaban J connectivity index is 2.34. The first-order valence-corrected chi connectivity index (χ1v) is 5.25. The molecule has 3 nitrogen and oxygen atoms in total. The van der Waals surface area contributed by atoms with Crippen molar-refractivity contribution in [2.45, 2.75) is 0 Å². The summed E-state index contributed by atoms with van der Waals surface area (Å²) in [6.07, 6.45) is 0. The lowest BCUT2D eigenvalue weighted by Gasteiger charge is -2.14. The second kappa shape index (κ2) is 3.67. The van der Waals surface area contributed by atoms with Gasteiger partial charge in [0.05, 0.1) is 12.2 Å². The molecule has 1 aromatic rings. The Hall–Kier alpha value is -0.940. The summed E-state index contributed by atoms with van der Waals surface area (Å²) >= 11 is 8.35. The predicted molar refractivity (Wildman–Crippen MR) is 62.2 cm³/mol. The number of anilines is 1. The molecule has 1 aliphatic heterocycles. The minimum absolute atomic E-state index is 0.0164. The molecule has 1 amide bonds. The number of rotatable bonds is 1. The van der Waals surface area contributed by atoms with Gasteiger partial charge in [-0.1, -0.05) is 15.9 Å². The van der Waals surface area contributed by atoms with E-state index in [1.165, 1.54) is 4.90 Å². The fourth-order valence-corrected chi connectivity index (χ4v) is 1.82. The first kappa shape index (κ1) is 9.61. The first-order chi connectivity index (χ1) is 6.68. The number of carbonyl (C=O) groups is 1. The van der Waals surface area contributed by atoms with Crippen LogP contribution in [0.25, 0.3) is 0 Å². The van der Waals surface area contributed by atoms with Gasteiger partial charge >= 0.3 is 0 Å². The number of hydrogen-bond donors (Lipinski definition) is 1. The van der Waals surface area contributed by atoms with Crippen molar-refractivity contribution in [1.82, 2.24) is 5.32 Å². The van der Waals surface area contributed by atoms with Gasteiger partial charge in [0.1, 0.15) is 0 Å². The lowest BCUT2D eigenvalue weighted by Crippen LogP contribution is -2.30. The van der Waals surface area contributed by atoms with Crippen LogP contribution in [-0.4, -0.2) is 17.6 Å². The van der Waals surface area contributed by atoms with Crippen LogP contribution in [0.3, 0.4) is 0 Å². The van der Waals surface area contributed by atoms with Gasteiger partial charge in [-0.3, -0.25) is 9.69 Å². The van der Waals surface area contributed by atoms with E-state index in [1.807, 2.05) is 24.3 Å². The van der Waals surface area contributed by atoms with Crippen molar-refractivity contribution in [1.29, 1.82) is 0 Å². The number of nitrogens with one attached hydrogen (secondary N) is 1. The summed E-state index contributed by atoms with van der Waals surface area (Å²) in [5.41, 5.74) is 0.799. The third-order valence-corrected chi connectivity index (χ3v) is 2.78. The average Bonchev–Trinajstić information content (AvgIpc) is 2.49. The maximum absolute atomic E-state index is 11.4. The first-order valence-electron chi connectivity index (χ1n) is 4.05. The Morgan fingerprint density at radius 2 is 2.00 bits per heavy atom. The lowest BCUT2D eigenvalue weighted by molar-refractivity contribution is -0.115. The van der Waals surface area contributed by atoms with E-state index < -0.39 is 0 Å². The molecule has 1 saturated heterocycles. The quantitative estimate of drug-likeness (QED) is 0.789. The summed E-state index contributed by atoms with van der Waals surface area (Å²) in [6.45, 7) is 0.287. The van der Waals surface area contributed by atoms with Crippen LogP contribution in [0.1, 0.15) is 0 Å². The molecule has 0 spiro atoms. The lowest BCUT2D eigenvalue weighted by atomic mass is 10.3. The SMILES string of the molecule is O=C1CNC(=S)N1c1ccc(Br)cc1. The highest BCUT2D eigenvalue weighted by Crippen LogP contribution is 2.20. The van der Waals surface area contributed by atoms with E-state index in [0.717, 1.165) is 10.2 Å². The van der Waals surface area contributed by atoms with Gasteiger partial charge in [-0.15, -0.1) is 0 Å². The van der Waals surface area contributed by atoms with Gasteiger partial charge in [-0.2, -0.15) is 0 Å². The van der Waals surface area contributed by atoms with Crippen LogP contribution in [0.4, 0.5) is 5.69 Å². The molecule has 1 heterocycles.